The predicted molar refractivity (Wildman–Crippen MR) is 101 cm³/mol. The molecule has 0 atom stereocenters. The number of nitrogens with zero attached hydrogens (tertiary/aromatic N) is 1. The molecule has 0 radical (unpaired) electrons. The van der Waals surface area contributed by atoms with Gasteiger partial charge in [-0.3, -0.25) is 10.2 Å². The van der Waals surface area contributed by atoms with E-state index in [1.807, 2.05) is 6.07 Å². The number of benzene rings is 3. The molecule has 6 nitrogen and oxygen atoms in total. The quantitative estimate of drug-likeness (QED) is 0.668. The zero-order valence-corrected chi connectivity index (χ0v) is 14.9. The molecule has 134 valence electrons. The first kappa shape index (κ1) is 18.3. The van der Waals surface area contributed by atoms with Gasteiger partial charge in [-0.05, 0) is 47.5 Å². The molecule has 2 N–H and O–H groups in total. The number of sulfonamides is 1. The van der Waals surface area contributed by atoms with Crippen molar-refractivity contribution >= 4 is 15.9 Å². The summed E-state index contributed by atoms with van der Waals surface area (Å²) in [6.07, 6.45) is 0. The van der Waals surface area contributed by atoms with Gasteiger partial charge in [0, 0.05) is 5.56 Å². The molecule has 7 heteroatoms. The second-order valence-corrected chi connectivity index (χ2v) is 7.33. The first-order valence-corrected chi connectivity index (χ1v) is 9.46. The molecule has 3 aromatic carbocycles. The Morgan fingerprint density at radius 3 is 2.22 bits per heavy atom. The van der Waals surface area contributed by atoms with Crippen molar-refractivity contribution in [2.45, 2.75) is 4.90 Å². The van der Waals surface area contributed by atoms with Crippen LogP contribution in [0.3, 0.4) is 0 Å². The Balaban J connectivity index is 1.77. The zero-order chi connectivity index (χ0) is 19.3. The van der Waals surface area contributed by atoms with Crippen molar-refractivity contribution in [3.63, 3.8) is 0 Å². The van der Waals surface area contributed by atoms with E-state index in [9.17, 15) is 13.2 Å². The molecule has 0 heterocycles. The van der Waals surface area contributed by atoms with Gasteiger partial charge in [0.1, 0.15) is 0 Å². The lowest BCUT2D eigenvalue weighted by Gasteiger charge is -2.09. The molecule has 0 aliphatic heterocycles. The fourth-order valence-electron chi connectivity index (χ4n) is 2.45. The summed E-state index contributed by atoms with van der Waals surface area (Å²) in [5.74, 6) is -0.590. The highest BCUT2D eigenvalue weighted by molar-refractivity contribution is 7.89. The Morgan fingerprint density at radius 2 is 1.52 bits per heavy atom. The first-order chi connectivity index (χ1) is 13.0. The molecule has 3 aromatic rings. The fourth-order valence-corrected chi connectivity index (χ4v) is 3.31. The number of carbonyl (C=O) groups is 1. The molecular formula is C20H15N3O3S. The molecule has 1 amide bonds. The number of carbonyl (C=O) groups excluding carboxylic acids is 1. The minimum absolute atomic E-state index is 0.0485. The van der Waals surface area contributed by atoms with Crippen LogP contribution in [0.25, 0.3) is 11.1 Å². The van der Waals surface area contributed by atoms with Crippen LogP contribution in [0.15, 0.2) is 83.8 Å². The Bertz CT molecular complexity index is 1120. The number of nitriles is 1. The van der Waals surface area contributed by atoms with E-state index < -0.39 is 15.9 Å². The van der Waals surface area contributed by atoms with Crippen molar-refractivity contribution < 1.29 is 13.2 Å². The molecule has 0 unspecified atom stereocenters. The number of hydrogen-bond donors (Lipinski definition) is 2. The summed E-state index contributed by atoms with van der Waals surface area (Å²) in [6, 6.07) is 23.5. The average Bonchev–Trinajstić information content (AvgIpc) is 2.73. The Labute approximate surface area is 157 Å². The first-order valence-electron chi connectivity index (χ1n) is 7.97. The van der Waals surface area contributed by atoms with Gasteiger partial charge in [-0.25, -0.2) is 8.42 Å². The van der Waals surface area contributed by atoms with E-state index in [0.29, 0.717) is 5.56 Å². The van der Waals surface area contributed by atoms with Crippen LogP contribution in [-0.2, 0) is 10.0 Å². The zero-order valence-electron chi connectivity index (χ0n) is 14.1. The average molecular weight is 377 g/mol. The molecular weight excluding hydrogens is 362 g/mol. The van der Waals surface area contributed by atoms with Crippen LogP contribution >= 0.6 is 0 Å². The summed E-state index contributed by atoms with van der Waals surface area (Å²) in [5, 5.41) is 9.01. The van der Waals surface area contributed by atoms with Crippen LogP contribution in [0, 0.1) is 11.3 Å². The van der Waals surface area contributed by atoms with Crippen LogP contribution < -0.4 is 10.3 Å². The van der Waals surface area contributed by atoms with Crippen molar-refractivity contribution in [1.29, 1.82) is 5.26 Å². The van der Waals surface area contributed by atoms with Gasteiger partial charge in [-0.1, -0.05) is 42.5 Å². The Hall–Kier alpha value is -3.47. The maximum atomic E-state index is 12.3. The van der Waals surface area contributed by atoms with Gasteiger partial charge in [-0.15, -0.1) is 4.83 Å². The summed E-state index contributed by atoms with van der Waals surface area (Å²) >= 11 is 0. The molecule has 0 aliphatic rings. The van der Waals surface area contributed by atoms with E-state index in [0.717, 1.165) is 11.1 Å². The third-order valence-electron chi connectivity index (χ3n) is 3.80. The van der Waals surface area contributed by atoms with Gasteiger partial charge in [0.15, 0.2) is 0 Å². The smallest absolute Gasteiger partial charge is 0.266 e. The Morgan fingerprint density at radius 1 is 0.852 bits per heavy atom. The molecule has 0 saturated carbocycles. The van der Waals surface area contributed by atoms with Gasteiger partial charge in [0.2, 0.25) is 0 Å². The second-order valence-electron chi connectivity index (χ2n) is 5.65. The van der Waals surface area contributed by atoms with Crippen LogP contribution in [0.2, 0.25) is 0 Å². The standard InChI is InChI=1S/C20H15N3O3S/c21-14-15-6-4-7-16(12-15)17-8-5-9-18(13-17)20(24)22-23-27(25,26)19-10-2-1-3-11-19/h1-13,23H,(H,22,24). The largest absolute Gasteiger partial charge is 0.273 e. The van der Waals surface area contributed by atoms with Crippen LogP contribution in [-0.4, -0.2) is 14.3 Å². The highest BCUT2D eigenvalue weighted by Crippen LogP contribution is 2.21. The summed E-state index contributed by atoms with van der Waals surface area (Å²) in [6.45, 7) is 0. The minimum Gasteiger partial charge on any atom is -0.273 e. The predicted octanol–water partition coefficient (Wildman–Crippen LogP) is 2.85. The lowest BCUT2D eigenvalue weighted by molar-refractivity contribution is 0.0945. The molecule has 0 aliphatic carbocycles. The number of amides is 1. The molecule has 0 aromatic heterocycles. The van der Waals surface area contributed by atoms with Gasteiger partial charge in [0.05, 0.1) is 16.5 Å². The van der Waals surface area contributed by atoms with Gasteiger partial charge in [0.25, 0.3) is 15.9 Å². The van der Waals surface area contributed by atoms with Crippen molar-refractivity contribution in [3.8, 4) is 17.2 Å². The maximum absolute atomic E-state index is 12.3. The molecule has 3 rings (SSSR count). The third kappa shape index (κ3) is 4.39. The number of hydrazine groups is 1. The van der Waals surface area contributed by atoms with Crippen molar-refractivity contribution in [1.82, 2.24) is 10.3 Å². The minimum atomic E-state index is -3.85. The molecule has 0 bridgehead atoms. The van der Waals surface area contributed by atoms with Gasteiger partial charge >= 0.3 is 0 Å². The monoisotopic (exact) mass is 377 g/mol. The van der Waals surface area contributed by atoms with E-state index in [4.69, 9.17) is 5.26 Å². The summed E-state index contributed by atoms with van der Waals surface area (Å²) in [5.41, 5.74) is 4.53. The fraction of sp³-hybridized carbons (Fsp3) is 0. The summed E-state index contributed by atoms with van der Waals surface area (Å²) < 4.78 is 24.3. The lowest BCUT2D eigenvalue weighted by atomic mass is 10.0. The van der Waals surface area contributed by atoms with Crippen LogP contribution in [0.1, 0.15) is 15.9 Å². The van der Waals surface area contributed by atoms with E-state index >= 15 is 0 Å². The summed E-state index contributed by atoms with van der Waals surface area (Å²) in [4.78, 5) is 14.5. The van der Waals surface area contributed by atoms with Crippen molar-refractivity contribution in [2.75, 3.05) is 0 Å². The lowest BCUT2D eigenvalue weighted by Crippen LogP contribution is -2.41. The molecule has 27 heavy (non-hydrogen) atoms. The highest BCUT2D eigenvalue weighted by Gasteiger charge is 2.15. The van der Waals surface area contributed by atoms with Gasteiger partial charge < -0.3 is 0 Å². The van der Waals surface area contributed by atoms with E-state index in [1.165, 1.54) is 12.1 Å². The third-order valence-corrected chi connectivity index (χ3v) is 5.07. The molecule has 0 spiro atoms. The SMILES string of the molecule is N#Cc1cccc(-c2cccc(C(=O)NNS(=O)(=O)c3ccccc3)c2)c1. The van der Waals surface area contributed by atoms with Crippen LogP contribution in [0.5, 0.6) is 0 Å². The van der Waals surface area contributed by atoms with E-state index in [2.05, 4.69) is 16.3 Å². The van der Waals surface area contributed by atoms with E-state index in [-0.39, 0.29) is 10.5 Å². The van der Waals surface area contributed by atoms with Crippen molar-refractivity contribution in [3.05, 3.63) is 90.0 Å². The number of hydrogen-bond acceptors (Lipinski definition) is 4. The van der Waals surface area contributed by atoms with Crippen LogP contribution in [0.4, 0.5) is 0 Å². The van der Waals surface area contributed by atoms with Crippen molar-refractivity contribution in [2.24, 2.45) is 0 Å². The normalized spacial score (nSPS) is 10.8. The highest BCUT2D eigenvalue weighted by atomic mass is 32.2. The van der Waals surface area contributed by atoms with Gasteiger partial charge in [-0.2, -0.15) is 5.26 Å². The summed E-state index contributed by atoms with van der Waals surface area (Å²) in [7, 11) is -3.85. The number of nitrogens with one attached hydrogen (secondary N) is 2. The second kappa shape index (κ2) is 7.83. The Kier molecular flexibility index (Phi) is 5.31. The molecule has 0 fully saturated rings. The molecule has 0 saturated heterocycles. The van der Waals surface area contributed by atoms with E-state index in [1.54, 1.807) is 60.7 Å². The maximum Gasteiger partial charge on any atom is 0.266 e. The number of rotatable bonds is 5. The topological polar surface area (TPSA) is 99.1 Å².